The normalized spacial score (nSPS) is 11.2. The zero-order valence-electron chi connectivity index (χ0n) is 10.0. The molecule has 16 heavy (non-hydrogen) atoms. The van der Waals surface area contributed by atoms with Crippen LogP contribution in [0.25, 0.3) is 0 Å². The maximum Gasteiger partial charge on any atom is 0.159 e. The second-order valence-corrected chi connectivity index (χ2v) is 4.53. The van der Waals surface area contributed by atoms with Gasteiger partial charge in [0.25, 0.3) is 0 Å². The van der Waals surface area contributed by atoms with E-state index >= 15 is 0 Å². The van der Waals surface area contributed by atoms with Crippen LogP contribution >= 0.6 is 0 Å². The molecule has 0 saturated carbocycles. The number of alkyl halides is 1. The van der Waals surface area contributed by atoms with Gasteiger partial charge in [-0.3, -0.25) is 4.79 Å². The number of halogens is 1. The number of hydrogen-bond acceptors (Lipinski definition) is 2. The molecule has 0 aliphatic heterocycles. The Morgan fingerprint density at radius 2 is 2.12 bits per heavy atom. The molecular formula is C13H18FNO. The van der Waals surface area contributed by atoms with Gasteiger partial charge in [-0.05, 0) is 39.3 Å². The minimum Gasteiger partial charge on any atom is -0.385 e. The van der Waals surface area contributed by atoms with E-state index in [1.165, 1.54) is 6.92 Å². The molecule has 0 aliphatic carbocycles. The Kier molecular flexibility index (Phi) is 4.05. The Balaban J connectivity index is 2.55. The van der Waals surface area contributed by atoms with Crippen molar-refractivity contribution in [2.24, 2.45) is 0 Å². The summed E-state index contributed by atoms with van der Waals surface area (Å²) in [6.45, 7) is 5.20. The summed E-state index contributed by atoms with van der Waals surface area (Å²) < 4.78 is 13.2. The van der Waals surface area contributed by atoms with Crippen LogP contribution < -0.4 is 5.32 Å². The molecule has 1 aromatic carbocycles. The maximum atomic E-state index is 13.2. The molecule has 0 aromatic heterocycles. The van der Waals surface area contributed by atoms with Gasteiger partial charge in [-0.2, -0.15) is 0 Å². The fourth-order valence-electron chi connectivity index (χ4n) is 1.35. The third kappa shape index (κ3) is 4.43. The van der Waals surface area contributed by atoms with E-state index in [4.69, 9.17) is 0 Å². The van der Waals surface area contributed by atoms with E-state index in [1.807, 2.05) is 12.1 Å². The topological polar surface area (TPSA) is 29.1 Å². The van der Waals surface area contributed by atoms with Crippen LogP contribution in [0.15, 0.2) is 24.3 Å². The molecule has 0 amide bonds. The monoisotopic (exact) mass is 223 g/mol. The predicted octanol–water partition coefficient (Wildman–Crippen LogP) is 3.44. The van der Waals surface area contributed by atoms with Crippen LogP contribution in [0.2, 0.25) is 0 Å². The van der Waals surface area contributed by atoms with Crippen molar-refractivity contribution in [2.75, 3.05) is 11.9 Å². The average Bonchev–Trinajstić information content (AvgIpc) is 2.16. The highest BCUT2D eigenvalue weighted by Crippen LogP contribution is 2.15. The summed E-state index contributed by atoms with van der Waals surface area (Å²) in [5, 5.41) is 3.10. The summed E-state index contributed by atoms with van der Waals surface area (Å²) in [4.78, 5) is 11.1. The van der Waals surface area contributed by atoms with Gasteiger partial charge in [0.1, 0.15) is 5.67 Å². The van der Waals surface area contributed by atoms with E-state index in [1.54, 1.807) is 26.0 Å². The lowest BCUT2D eigenvalue weighted by Gasteiger charge is -2.14. The van der Waals surface area contributed by atoms with Gasteiger partial charge in [-0.25, -0.2) is 4.39 Å². The van der Waals surface area contributed by atoms with Gasteiger partial charge in [0.15, 0.2) is 5.78 Å². The molecule has 0 aliphatic rings. The Hall–Kier alpha value is -1.38. The fourth-order valence-corrected chi connectivity index (χ4v) is 1.35. The van der Waals surface area contributed by atoms with Crippen LogP contribution in [0.3, 0.4) is 0 Å². The number of Topliss-reactive ketones (excluding diaryl/α,β-unsaturated/α-hetero) is 1. The van der Waals surface area contributed by atoms with Crippen molar-refractivity contribution in [3.05, 3.63) is 29.8 Å². The first-order valence-electron chi connectivity index (χ1n) is 5.42. The molecule has 0 saturated heterocycles. The van der Waals surface area contributed by atoms with Crippen molar-refractivity contribution in [1.29, 1.82) is 0 Å². The molecule has 0 unspecified atom stereocenters. The third-order valence-corrected chi connectivity index (χ3v) is 2.32. The standard InChI is InChI=1S/C13H18FNO/c1-10(16)11-5-4-6-12(9-11)15-8-7-13(2,3)14/h4-6,9,15H,7-8H2,1-3H3. The maximum absolute atomic E-state index is 13.2. The number of hydrogen-bond donors (Lipinski definition) is 1. The quantitative estimate of drug-likeness (QED) is 0.775. The van der Waals surface area contributed by atoms with Gasteiger partial charge in [0.05, 0.1) is 0 Å². The molecule has 1 aromatic rings. The number of carbonyl (C=O) groups is 1. The Labute approximate surface area is 95.9 Å². The highest BCUT2D eigenvalue weighted by atomic mass is 19.1. The lowest BCUT2D eigenvalue weighted by atomic mass is 10.1. The van der Waals surface area contributed by atoms with Gasteiger partial charge in [-0.1, -0.05) is 12.1 Å². The molecule has 1 rings (SSSR count). The zero-order valence-corrected chi connectivity index (χ0v) is 10.0. The van der Waals surface area contributed by atoms with Gasteiger partial charge in [-0.15, -0.1) is 0 Å². The fraction of sp³-hybridized carbons (Fsp3) is 0.462. The molecule has 0 spiro atoms. The smallest absolute Gasteiger partial charge is 0.159 e. The van der Waals surface area contributed by atoms with Crippen molar-refractivity contribution >= 4 is 11.5 Å². The molecule has 0 heterocycles. The molecule has 0 radical (unpaired) electrons. The molecular weight excluding hydrogens is 205 g/mol. The number of nitrogens with one attached hydrogen (secondary N) is 1. The Morgan fingerprint density at radius 1 is 1.44 bits per heavy atom. The average molecular weight is 223 g/mol. The zero-order chi connectivity index (χ0) is 12.2. The summed E-state index contributed by atoms with van der Waals surface area (Å²) in [6, 6.07) is 7.25. The number of rotatable bonds is 5. The van der Waals surface area contributed by atoms with Crippen LogP contribution in [0.4, 0.5) is 10.1 Å². The van der Waals surface area contributed by atoms with Crippen molar-refractivity contribution in [3.8, 4) is 0 Å². The van der Waals surface area contributed by atoms with Crippen LogP contribution in [0.1, 0.15) is 37.6 Å². The molecule has 88 valence electrons. The SMILES string of the molecule is CC(=O)c1cccc(NCCC(C)(C)F)c1. The van der Waals surface area contributed by atoms with Crippen LogP contribution in [-0.2, 0) is 0 Å². The second kappa shape index (κ2) is 5.10. The van der Waals surface area contributed by atoms with Crippen LogP contribution in [0.5, 0.6) is 0 Å². The molecule has 2 nitrogen and oxygen atoms in total. The lowest BCUT2D eigenvalue weighted by Crippen LogP contribution is -2.17. The molecule has 1 N–H and O–H groups in total. The summed E-state index contributed by atoms with van der Waals surface area (Å²) in [7, 11) is 0. The summed E-state index contributed by atoms with van der Waals surface area (Å²) in [5.74, 6) is 0.0365. The van der Waals surface area contributed by atoms with Gasteiger partial charge in [0.2, 0.25) is 0 Å². The minimum atomic E-state index is -1.16. The van der Waals surface area contributed by atoms with E-state index in [-0.39, 0.29) is 5.78 Å². The van der Waals surface area contributed by atoms with Crippen molar-refractivity contribution in [2.45, 2.75) is 32.9 Å². The molecule has 0 bridgehead atoms. The number of ketones is 1. The highest BCUT2D eigenvalue weighted by molar-refractivity contribution is 5.94. The number of anilines is 1. The van der Waals surface area contributed by atoms with Gasteiger partial charge < -0.3 is 5.32 Å². The van der Waals surface area contributed by atoms with Crippen LogP contribution in [-0.4, -0.2) is 18.0 Å². The molecule has 0 fully saturated rings. The van der Waals surface area contributed by atoms with Crippen molar-refractivity contribution < 1.29 is 9.18 Å². The van der Waals surface area contributed by atoms with E-state index in [0.717, 1.165) is 5.69 Å². The summed E-state index contributed by atoms with van der Waals surface area (Å²) in [6.07, 6.45) is 0.442. The first kappa shape index (κ1) is 12.7. The Morgan fingerprint density at radius 3 is 2.69 bits per heavy atom. The number of benzene rings is 1. The summed E-state index contributed by atoms with van der Waals surface area (Å²) in [5.41, 5.74) is 0.368. The first-order valence-corrected chi connectivity index (χ1v) is 5.42. The largest absolute Gasteiger partial charge is 0.385 e. The van der Waals surface area contributed by atoms with Gasteiger partial charge >= 0.3 is 0 Å². The Bertz CT molecular complexity index is 368. The third-order valence-electron chi connectivity index (χ3n) is 2.32. The van der Waals surface area contributed by atoms with E-state index in [0.29, 0.717) is 18.5 Å². The van der Waals surface area contributed by atoms with Crippen LogP contribution in [0, 0.1) is 0 Å². The number of carbonyl (C=O) groups excluding carboxylic acids is 1. The van der Waals surface area contributed by atoms with Crippen molar-refractivity contribution in [1.82, 2.24) is 0 Å². The van der Waals surface area contributed by atoms with Gasteiger partial charge in [0, 0.05) is 17.8 Å². The van der Waals surface area contributed by atoms with E-state index < -0.39 is 5.67 Å². The predicted molar refractivity (Wildman–Crippen MR) is 64.7 cm³/mol. The molecule has 0 atom stereocenters. The minimum absolute atomic E-state index is 0.0365. The molecule has 3 heteroatoms. The second-order valence-electron chi connectivity index (χ2n) is 4.53. The van der Waals surface area contributed by atoms with E-state index in [2.05, 4.69) is 5.32 Å². The van der Waals surface area contributed by atoms with E-state index in [9.17, 15) is 9.18 Å². The first-order chi connectivity index (χ1) is 7.38. The highest BCUT2D eigenvalue weighted by Gasteiger charge is 2.14. The lowest BCUT2D eigenvalue weighted by molar-refractivity contribution is 0.101. The summed E-state index contributed by atoms with van der Waals surface area (Å²) >= 11 is 0. The van der Waals surface area contributed by atoms with Crippen molar-refractivity contribution in [3.63, 3.8) is 0 Å².